The van der Waals surface area contributed by atoms with Crippen LogP contribution in [0.15, 0.2) is 48.7 Å². The number of morpholine rings is 1. The third-order valence-corrected chi connectivity index (χ3v) is 5.64. The summed E-state index contributed by atoms with van der Waals surface area (Å²) in [5.74, 6) is -1.37. The van der Waals surface area contributed by atoms with Crippen LogP contribution in [0.5, 0.6) is 0 Å². The summed E-state index contributed by atoms with van der Waals surface area (Å²) in [7, 11) is 0. The standard InChI is InChI=1S/C22H25FN4O3/c23-17-6-4-16(5-7-17)13-27-14-19(22(15-27)21(29)26-11-12-30-22)20(28)25-10-8-18-3-1-2-9-24-18/h1-7,9,19H,8,10-15H2,(H,25,28)(H,26,29)/t19-,22-/m1/s1. The topological polar surface area (TPSA) is 83.6 Å². The lowest BCUT2D eigenvalue weighted by Crippen LogP contribution is -2.62. The van der Waals surface area contributed by atoms with Crippen molar-refractivity contribution in [2.75, 3.05) is 32.8 Å². The van der Waals surface area contributed by atoms with Crippen LogP contribution in [0.25, 0.3) is 0 Å². The van der Waals surface area contributed by atoms with Crippen LogP contribution in [0.4, 0.5) is 4.39 Å². The quantitative estimate of drug-likeness (QED) is 0.737. The van der Waals surface area contributed by atoms with Gasteiger partial charge in [0.1, 0.15) is 5.82 Å². The number of benzene rings is 1. The zero-order chi connectivity index (χ0) is 21.0. The molecule has 1 spiro atoms. The number of halogens is 1. The number of rotatable bonds is 6. The molecular formula is C22H25FN4O3. The second-order valence-electron chi connectivity index (χ2n) is 7.70. The van der Waals surface area contributed by atoms with Crippen LogP contribution in [-0.2, 0) is 27.3 Å². The average Bonchev–Trinajstić information content (AvgIpc) is 3.11. The molecule has 1 aromatic carbocycles. The highest BCUT2D eigenvalue weighted by Gasteiger charge is 2.57. The summed E-state index contributed by atoms with van der Waals surface area (Å²) in [6.07, 6.45) is 2.33. The molecule has 0 aliphatic carbocycles. The van der Waals surface area contributed by atoms with Crippen molar-refractivity contribution in [3.05, 3.63) is 65.7 Å². The molecule has 2 aliphatic rings. The van der Waals surface area contributed by atoms with Gasteiger partial charge in [0.15, 0.2) is 5.60 Å². The molecule has 2 atom stereocenters. The first-order valence-corrected chi connectivity index (χ1v) is 10.1. The number of hydrogen-bond acceptors (Lipinski definition) is 5. The maximum absolute atomic E-state index is 13.2. The van der Waals surface area contributed by atoms with Crippen LogP contribution < -0.4 is 10.6 Å². The molecular weight excluding hydrogens is 387 g/mol. The molecule has 2 fully saturated rings. The molecule has 158 valence electrons. The summed E-state index contributed by atoms with van der Waals surface area (Å²) in [6.45, 7) is 2.45. The van der Waals surface area contributed by atoms with Gasteiger partial charge < -0.3 is 15.4 Å². The SMILES string of the molecule is O=C(NCCc1ccccn1)[C@H]1CN(Cc2ccc(F)cc2)C[C@@]12OCCNC2=O. The van der Waals surface area contributed by atoms with Crippen LogP contribution in [0.2, 0.25) is 0 Å². The molecule has 8 heteroatoms. The Morgan fingerprint density at radius 1 is 1.30 bits per heavy atom. The van der Waals surface area contributed by atoms with E-state index < -0.39 is 11.5 Å². The first-order valence-electron chi connectivity index (χ1n) is 10.1. The van der Waals surface area contributed by atoms with Crippen molar-refractivity contribution in [1.82, 2.24) is 20.5 Å². The molecule has 2 amide bonds. The molecule has 2 saturated heterocycles. The molecule has 7 nitrogen and oxygen atoms in total. The van der Waals surface area contributed by atoms with Crippen molar-refractivity contribution < 1.29 is 18.7 Å². The Balaban J connectivity index is 1.44. The maximum Gasteiger partial charge on any atom is 0.254 e. The van der Waals surface area contributed by atoms with Gasteiger partial charge in [-0.15, -0.1) is 0 Å². The molecule has 2 aliphatic heterocycles. The highest BCUT2D eigenvalue weighted by molar-refractivity contribution is 5.94. The molecule has 2 N–H and O–H groups in total. The fourth-order valence-corrected chi connectivity index (χ4v) is 4.15. The number of hydrogen-bond donors (Lipinski definition) is 2. The summed E-state index contributed by atoms with van der Waals surface area (Å²) in [4.78, 5) is 32.1. The molecule has 4 rings (SSSR count). The highest BCUT2D eigenvalue weighted by Crippen LogP contribution is 2.34. The molecule has 0 bridgehead atoms. The first kappa shape index (κ1) is 20.4. The third kappa shape index (κ3) is 4.34. The number of carbonyl (C=O) groups excluding carboxylic acids is 2. The number of nitrogens with one attached hydrogen (secondary N) is 2. The minimum absolute atomic E-state index is 0.204. The van der Waals surface area contributed by atoms with Crippen LogP contribution in [-0.4, -0.2) is 60.1 Å². The Kier molecular flexibility index (Phi) is 6.06. The fraction of sp³-hybridized carbons (Fsp3) is 0.409. The average molecular weight is 412 g/mol. The molecule has 0 saturated carbocycles. The van der Waals surface area contributed by atoms with Crippen molar-refractivity contribution in [3.63, 3.8) is 0 Å². The van der Waals surface area contributed by atoms with Gasteiger partial charge in [0, 0.05) is 51.0 Å². The number of aromatic nitrogens is 1. The predicted molar refractivity (Wildman–Crippen MR) is 108 cm³/mol. The van der Waals surface area contributed by atoms with Crippen molar-refractivity contribution in [2.24, 2.45) is 5.92 Å². The normalized spacial score (nSPS) is 24.0. The van der Waals surface area contributed by atoms with Crippen LogP contribution in [0.1, 0.15) is 11.3 Å². The summed E-state index contributed by atoms with van der Waals surface area (Å²) >= 11 is 0. The molecule has 0 unspecified atom stereocenters. The van der Waals surface area contributed by atoms with E-state index in [1.54, 1.807) is 18.3 Å². The molecule has 30 heavy (non-hydrogen) atoms. The summed E-state index contributed by atoms with van der Waals surface area (Å²) < 4.78 is 19.1. The van der Waals surface area contributed by atoms with Crippen molar-refractivity contribution in [3.8, 4) is 0 Å². The Labute approximate surface area is 174 Å². The minimum atomic E-state index is -1.20. The molecule has 3 heterocycles. The minimum Gasteiger partial charge on any atom is -0.361 e. The van der Waals surface area contributed by atoms with E-state index in [-0.39, 0.29) is 17.6 Å². The second kappa shape index (κ2) is 8.89. The number of pyridine rings is 1. The van der Waals surface area contributed by atoms with Gasteiger partial charge in [-0.1, -0.05) is 18.2 Å². The molecule has 0 radical (unpaired) electrons. The van der Waals surface area contributed by atoms with Gasteiger partial charge in [0.2, 0.25) is 5.91 Å². The Morgan fingerprint density at radius 2 is 2.13 bits per heavy atom. The van der Waals surface area contributed by atoms with E-state index in [9.17, 15) is 14.0 Å². The van der Waals surface area contributed by atoms with E-state index in [4.69, 9.17) is 4.74 Å². The largest absolute Gasteiger partial charge is 0.361 e. The third-order valence-electron chi connectivity index (χ3n) is 5.64. The lowest BCUT2D eigenvalue weighted by atomic mass is 9.87. The van der Waals surface area contributed by atoms with Crippen LogP contribution in [0.3, 0.4) is 0 Å². The number of ether oxygens (including phenoxy) is 1. The van der Waals surface area contributed by atoms with Crippen molar-refractivity contribution in [1.29, 1.82) is 0 Å². The van der Waals surface area contributed by atoms with Crippen molar-refractivity contribution in [2.45, 2.75) is 18.6 Å². The zero-order valence-corrected chi connectivity index (χ0v) is 16.6. The number of carbonyl (C=O) groups is 2. The predicted octanol–water partition coefficient (Wildman–Crippen LogP) is 0.897. The van der Waals surface area contributed by atoms with E-state index in [0.29, 0.717) is 45.8 Å². The summed E-state index contributed by atoms with van der Waals surface area (Å²) in [6, 6.07) is 11.9. The van der Waals surface area contributed by atoms with Gasteiger partial charge in [0.05, 0.1) is 12.5 Å². The lowest BCUT2D eigenvalue weighted by Gasteiger charge is -2.36. The smallest absolute Gasteiger partial charge is 0.254 e. The second-order valence-corrected chi connectivity index (χ2v) is 7.70. The number of nitrogens with zero attached hydrogens (tertiary/aromatic N) is 2. The van der Waals surface area contributed by atoms with E-state index in [1.165, 1.54) is 12.1 Å². The van der Waals surface area contributed by atoms with Crippen molar-refractivity contribution >= 4 is 11.8 Å². The van der Waals surface area contributed by atoms with Gasteiger partial charge >= 0.3 is 0 Å². The summed E-state index contributed by atoms with van der Waals surface area (Å²) in [5.41, 5.74) is 0.607. The van der Waals surface area contributed by atoms with Crippen LogP contribution >= 0.6 is 0 Å². The highest BCUT2D eigenvalue weighted by atomic mass is 19.1. The number of amides is 2. The van der Waals surface area contributed by atoms with E-state index in [2.05, 4.69) is 15.6 Å². The Bertz CT molecular complexity index is 893. The lowest BCUT2D eigenvalue weighted by molar-refractivity contribution is -0.163. The Hall–Kier alpha value is -2.84. The molecule has 1 aromatic heterocycles. The fourth-order valence-electron chi connectivity index (χ4n) is 4.15. The first-order chi connectivity index (χ1) is 14.6. The van der Waals surface area contributed by atoms with E-state index in [1.807, 2.05) is 23.1 Å². The molecule has 2 aromatic rings. The summed E-state index contributed by atoms with van der Waals surface area (Å²) in [5, 5.41) is 5.79. The number of likely N-dealkylation sites (tertiary alicyclic amines) is 1. The van der Waals surface area contributed by atoms with E-state index >= 15 is 0 Å². The Morgan fingerprint density at radius 3 is 2.87 bits per heavy atom. The van der Waals surface area contributed by atoms with E-state index in [0.717, 1.165) is 11.3 Å². The van der Waals surface area contributed by atoms with Crippen LogP contribution in [0, 0.1) is 11.7 Å². The monoisotopic (exact) mass is 412 g/mol. The van der Waals surface area contributed by atoms with Gasteiger partial charge in [-0.25, -0.2) is 4.39 Å². The van der Waals surface area contributed by atoms with Gasteiger partial charge in [-0.05, 0) is 29.8 Å². The zero-order valence-electron chi connectivity index (χ0n) is 16.6. The van der Waals surface area contributed by atoms with Gasteiger partial charge in [-0.2, -0.15) is 0 Å². The van der Waals surface area contributed by atoms with Gasteiger partial charge in [-0.3, -0.25) is 19.5 Å². The van der Waals surface area contributed by atoms with Gasteiger partial charge in [0.25, 0.3) is 5.91 Å². The maximum atomic E-state index is 13.2.